The Morgan fingerprint density at radius 3 is 2.90 bits per heavy atom. The molecule has 5 heteroatoms. The first-order valence-corrected chi connectivity index (χ1v) is 7.69. The first-order chi connectivity index (χ1) is 9.47. The highest BCUT2D eigenvalue weighted by molar-refractivity contribution is 6.31. The van der Waals surface area contributed by atoms with Crippen LogP contribution in [-0.4, -0.2) is 41.1 Å². The van der Waals surface area contributed by atoms with E-state index in [0.29, 0.717) is 22.7 Å². The molecule has 0 spiro atoms. The summed E-state index contributed by atoms with van der Waals surface area (Å²) in [6, 6.07) is 2.24. The number of nitrogens with zero attached hydrogens (tertiary/aromatic N) is 2. The summed E-state index contributed by atoms with van der Waals surface area (Å²) < 4.78 is 1.81. The highest BCUT2D eigenvalue weighted by atomic mass is 35.5. The van der Waals surface area contributed by atoms with Gasteiger partial charge < -0.3 is 14.8 Å². The van der Waals surface area contributed by atoms with E-state index in [0.717, 1.165) is 26.1 Å². The van der Waals surface area contributed by atoms with Gasteiger partial charge in [-0.3, -0.25) is 4.79 Å². The van der Waals surface area contributed by atoms with Gasteiger partial charge in [-0.15, -0.1) is 0 Å². The summed E-state index contributed by atoms with van der Waals surface area (Å²) in [6.45, 7) is 6.96. The molecule has 1 fully saturated rings. The van der Waals surface area contributed by atoms with Crippen LogP contribution < -0.4 is 5.32 Å². The maximum absolute atomic E-state index is 12.5. The first-order valence-electron chi connectivity index (χ1n) is 7.32. The van der Waals surface area contributed by atoms with E-state index in [2.05, 4.69) is 19.2 Å². The summed E-state index contributed by atoms with van der Waals surface area (Å²) in [5, 5.41) is 4.08. The molecule has 112 valence electrons. The van der Waals surface area contributed by atoms with Crippen molar-refractivity contribution in [2.45, 2.75) is 32.7 Å². The quantitative estimate of drug-likeness (QED) is 0.927. The normalized spacial score (nSPS) is 19.6. The number of piperidine rings is 1. The van der Waals surface area contributed by atoms with Crippen molar-refractivity contribution in [3.05, 3.63) is 23.0 Å². The molecule has 1 N–H and O–H groups in total. The lowest BCUT2D eigenvalue weighted by Crippen LogP contribution is -2.44. The average Bonchev–Trinajstić information content (AvgIpc) is 2.75. The van der Waals surface area contributed by atoms with Crippen molar-refractivity contribution in [3.8, 4) is 0 Å². The molecule has 1 amide bonds. The third-order valence-corrected chi connectivity index (χ3v) is 4.02. The number of nitrogens with one attached hydrogen (secondary N) is 1. The van der Waals surface area contributed by atoms with E-state index in [1.54, 1.807) is 16.8 Å². The molecule has 1 atom stereocenters. The standard InChI is InChI=1S/C15H24ClN3O/c1-11(2)17-8-12-5-4-6-19(9-12)15(20)14-7-13(16)10-18(14)3/h7,10-12,17H,4-6,8-9H2,1-3H3. The fourth-order valence-electron chi connectivity index (χ4n) is 2.72. The van der Waals surface area contributed by atoms with E-state index in [1.807, 2.05) is 11.9 Å². The highest BCUT2D eigenvalue weighted by Gasteiger charge is 2.25. The second-order valence-electron chi connectivity index (χ2n) is 5.98. The molecule has 0 bridgehead atoms. The predicted molar refractivity (Wildman–Crippen MR) is 82.2 cm³/mol. The van der Waals surface area contributed by atoms with Crippen LogP contribution in [0.15, 0.2) is 12.3 Å². The Hall–Kier alpha value is -1.00. The number of aromatic nitrogens is 1. The van der Waals surface area contributed by atoms with Crippen molar-refractivity contribution in [2.75, 3.05) is 19.6 Å². The molecule has 1 saturated heterocycles. The zero-order valence-corrected chi connectivity index (χ0v) is 13.3. The van der Waals surface area contributed by atoms with Crippen LogP contribution in [0.5, 0.6) is 0 Å². The Kier molecular flexibility index (Phi) is 5.11. The van der Waals surface area contributed by atoms with Crippen LogP contribution in [0, 0.1) is 5.92 Å². The van der Waals surface area contributed by atoms with Crippen molar-refractivity contribution < 1.29 is 4.79 Å². The number of hydrogen-bond donors (Lipinski definition) is 1. The van der Waals surface area contributed by atoms with Crippen LogP contribution in [0.25, 0.3) is 0 Å². The van der Waals surface area contributed by atoms with Gasteiger partial charge in [0.2, 0.25) is 0 Å². The van der Waals surface area contributed by atoms with E-state index >= 15 is 0 Å². The molecule has 1 aliphatic heterocycles. The molecule has 2 heterocycles. The Morgan fingerprint density at radius 1 is 1.55 bits per heavy atom. The van der Waals surface area contributed by atoms with Gasteiger partial charge in [0.25, 0.3) is 5.91 Å². The van der Waals surface area contributed by atoms with Gasteiger partial charge in [-0.2, -0.15) is 0 Å². The molecule has 1 aromatic rings. The molecule has 4 nitrogen and oxygen atoms in total. The van der Waals surface area contributed by atoms with Gasteiger partial charge >= 0.3 is 0 Å². The van der Waals surface area contributed by atoms with Crippen LogP contribution in [0.4, 0.5) is 0 Å². The molecule has 1 aromatic heterocycles. The minimum atomic E-state index is 0.0913. The van der Waals surface area contributed by atoms with E-state index < -0.39 is 0 Å². The number of rotatable bonds is 4. The molecule has 1 unspecified atom stereocenters. The zero-order valence-electron chi connectivity index (χ0n) is 12.5. The molecule has 0 radical (unpaired) electrons. The summed E-state index contributed by atoms with van der Waals surface area (Å²) in [6.07, 6.45) is 4.04. The molecular weight excluding hydrogens is 274 g/mol. The number of carbonyl (C=O) groups is 1. The van der Waals surface area contributed by atoms with Gasteiger partial charge in [-0.25, -0.2) is 0 Å². The fraction of sp³-hybridized carbons (Fsp3) is 0.667. The molecule has 0 aromatic carbocycles. The third-order valence-electron chi connectivity index (χ3n) is 3.81. The minimum Gasteiger partial charge on any atom is -0.345 e. The Bertz CT molecular complexity index is 470. The lowest BCUT2D eigenvalue weighted by molar-refractivity contribution is 0.0662. The molecule has 0 aliphatic carbocycles. The van der Waals surface area contributed by atoms with E-state index in [9.17, 15) is 4.79 Å². The monoisotopic (exact) mass is 297 g/mol. The minimum absolute atomic E-state index is 0.0913. The van der Waals surface area contributed by atoms with Crippen molar-refractivity contribution in [1.82, 2.24) is 14.8 Å². The first kappa shape index (κ1) is 15.4. The number of carbonyl (C=O) groups excluding carboxylic acids is 1. The van der Waals surface area contributed by atoms with Gasteiger partial charge in [-0.1, -0.05) is 25.4 Å². The van der Waals surface area contributed by atoms with Crippen molar-refractivity contribution in [1.29, 1.82) is 0 Å². The van der Waals surface area contributed by atoms with Gasteiger partial charge in [0, 0.05) is 32.4 Å². The summed E-state index contributed by atoms with van der Waals surface area (Å²) in [7, 11) is 1.86. The van der Waals surface area contributed by atoms with Gasteiger partial charge in [0.15, 0.2) is 0 Å². The predicted octanol–water partition coefficient (Wildman–Crippen LogP) is 2.53. The number of amides is 1. The van der Waals surface area contributed by atoms with E-state index in [-0.39, 0.29) is 5.91 Å². The third kappa shape index (κ3) is 3.76. The largest absolute Gasteiger partial charge is 0.345 e. The average molecular weight is 298 g/mol. The van der Waals surface area contributed by atoms with Crippen LogP contribution in [0.2, 0.25) is 5.02 Å². The Morgan fingerprint density at radius 2 is 2.30 bits per heavy atom. The van der Waals surface area contributed by atoms with Crippen LogP contribution in [-0.2, 0) is 7.05 Å². The maximum Gasteiger partial charge on any atom is 0.270 e. The van der Waals surface area contributed by atoms with Crippen LogP contribution >= 0.6 is 11.6 Å². The molecule has 20 heavy (non-hydrogen) atoms. The lowest BCUT2D eigenvalue weighted by Gasteiger charge is -2.33. The topological polar surface area (TPSA) is 37.3 Å². The maximum atomic E-state index is 12.5. The number of likely N-dealkylation sites (tertiary alicyclic amines) is 1. The van der Waals surface area contributed by atoms with Gasteiger partial charge in [0.05, 0.1) is 5.02 Å². The summed E-state index contributed by atoms with van der Waals surface area (Å²) >= 11 is 5.96. The highest BCUT2D eigenvalue weighted by Crippen LogP contribution is 2.20. The number of aryl methyl sites for hydroxylation is 1. The van der Waals surface area contributed by atoms with Crippen molar-refractivity contribution in [3.63, 3.8) is 0 Å². The van der Waals surface area contributed by atoms with Gasteiger partial charge in [0.1, 0.15) is 5.69 Å². The summed E-state index contributed by atoms with van der Waals surface area (Å²) in [4.78, 5) is 14.5. The van der Waals surface area contributed by atoms with Gasteiger partial charge in [-0.05, 0) is 31.4 Å². The zero-order chi connectivity index (χ0) is 14.7. The number of halogens is 1. The number of hydrogen-bond acceptors (Lipinski definition) is 2. The second-order valence-corrected chi connectivity index (χ2v) is 6.41. The van der Waals surface area contributed by atoms with E-state index in [1.165, 1.54) is 6.42 Å². The second kappa shape index (κ2) is 6.64. The molecular formula is C15H24ClN3O. The molecule has 1 aliphatic rings. The Labute approximate surface area is 126 Å². The van der Waals surface area contributed by atoms with Crippen LogP contribution in [0.3, 0.4) is 0 Å². The summed E-state index contributed by atoms with van der Waals surface area (Å²) in [5.74, 6) is 0.638. The molecule has 0 saturated carbocycles. The van der Waals surface area contributed by atoms with E-state index in [4.69, 9.17) is 11.6 Å². The van der Waals surface area contributed by atoms with Crippen LogP contribution in [0.1, 0.15) is 37.2 Å². The SMILES string of the molecule is CC(C)NCC1CCCN(C(=O)c2cc(Cl)cn2C)C1. The van der Waals surface area contributed by atoms with Crippen molar-refractivity contribution in [2.24, 2.45) is 13.0 Å². The molecule has 2 rings (SSSR count). The van der Waals surface area contributed by atoms with Crippen molar-refractivity contribution >= 4 is 17.5 Å². The Balaban J connectivity index is 1.98. The summed E-state index contributed by atoms with van der Waals surface area (Å²) in [5.41, 5.74) is 0.674. The lowest BCUT2D eigenvalue weighted by atomic mass is 9.97. The smallest absolute Gasteiger partial charge is 0.270 e. The fourth-order valence-corrected chi connectivity index (χ4v) is 2.97.